The molecule has 0 heterocycles. The summed E-state index contributed by atoms with van der Waals surface area (Å²) in [5, 5.41) is 12.2. The minimum absolute atomic E-state index is 0.142. The Morgan fingerprint density at radius 3 is 2.30 bits per heavy atom. The van der Waals surface area contributed by atoms with Gasteiger partial charge in [0.05, 0.1) is 12.7 Å². The fourth-order valence-corrected chi connectivity index (χ4v) is 2.20. The van der Waals surface area contributed by atoms with Crippen LogP contribution < -0.4 is 5.32 Å². The van der Waals surface area contributed by atoms with Crippen molar-refractivity contribution in [2.24, 2.45) is 11.3 Å². The van der Waals surface area contributed by atoms with Crippen molar-refractivity contribution >= 4 is 5.91 Å². The van der Waals surface area contributed by atoms with Crippen LogP contribution in [-0.4, -0.2) is 25.7 Å². The van der Waals surface area contributed by atoms with Crippen molar-refractivity contribution in [1.29, 1.82) is 5.26 Å². The molecule has 0 aliphatic heterocycles. The second-order valence-corrected chi connectivity index (χ2v) is 5.74. The summed E-state index contributed by atoms with van der Waals surface area (Å²) in [7, 11) is 0. The van der Waals surface area contributed by atoms with E-state index in [9.17, 15) is 10.1 Å². The maximum atomic E-state index is 12.2. The minimum Gasteiger partial charge on any atom is -0.380 e. The van der Waals surface area contributed by atoms with Crippen LogP contribution in [0.25, 0.3) is 0 Å². The van der Waals surface area contributed by atoms with Gasteiger partial charge in [0.15, 0.2) is 0 Å². The van der Waals surface area contributed by atoms with Gasteiger partial charge in [-0.25, -0.2) is 0 Å². The molecule has 0 unspecified atom stereocenters. The molecule has 4 nitrogen and oxygen atoms in total. The minimum atomic E-state index is -0.860. The molecule has 0 aromatic carbocycles. The topological polar surface area (TPSA) is 62.1 Å². The van der Waals surface area contributed by atoms with Crippen molar-refractivity contribution in [1.82, 2.24) is 5.32 Å². The SMILES string of the molecule is CCCC(C#N)(CCC)C(=O)NCCOCCC(C)C. The standard InChI is InChI=1S/C16H30N2O2/c1-5-8-16(13-17,9-6-2)15(19)18-10-12-20-11-7-14(3)4/h14H,5-12H2,1-4H3,(H,18,19). The summed E-state index contributed by atoms with van der Waals surface area (Å²) in [5.41, 5.74) is -0.860. The Bertz CT molecular complexity index is 302. The third kappa shape index (κ3) is 6.91. The van der Waals surface area contributed by atoms with E-state index in [1.807, 2.05) is 13.8 Å². The smallest absolute Gasteiger partial charge is 0.240 e. The predicted octanol–water partition coefficient (Wildman–Crippen LogP) is 3.28. The third-order valence-corrected chi connectivity index (χ3v) is 3.37. The summed E-state index contributed by atoms with van der Waals surface area (Å²) in [4.78, 5) is 12.2. The Balaban J connectivity index is 4.11. The largest absolute Gasteiger partial charge is 0.380 e. The quantitative estimate of drug-likeness (QED) is 0.592. The van der Waals surface area contributed by atoms with Crippen LogP contribution in [0.5, 0.6) is 0 Å². The first-order valence-corrected chi connectivity index (χ1v) is 7.79. The van der Waals surface area contributed by atoms with Gasteiger partial charge in [0.1, 0.15) is 5.41 Å². The second kappa shape index (κ2) is 10.7. The third-order valence-electron chi connectivity index (χ3n) is 3.37. The van der Waals surface area contributed by atoms with Crippen LogP contribution in [0.1, 0.15) is 59.8 Å². The van der Waals surface area contributed by atoms with E-state index < -0.39 is 5.41 Å². The lowest BCUT2D eigenvalue weighted by molar-refractivity contribution is -0.129. The molecular weight excluding hydrogens is 252 g/mol. The van der Waals surface area contributed by atoms with Gasteiger partial charge >= 0.3 is 0 Å². The molecule has 0 spiro atoms. The number of nitrogens with zero attached hydrogens (tertiary/aromatic N) is 1. The number of hydrogen-bond acceptors (Lipinski definition) is 3. The molecule has 0 rings (SSSR count). The number of ether oxygens (including phenoxy) is 1. The van der Waals surface area contributed by atoms with Crippen molar-refractivity contribution in [3.05, 3.63) is 0 Å². The number of nitriles is 1. The molecule has 4 heteroatoms. The molecule has 0 aromatic heterocycles. The molecule has 0 fully saturated rings. The van der Waals surface area contributed by atoms with Crippen molar-refractivity contribution in [2.45, 2.75) is 59.8 Å². The van der Waals surface area contributed by atoms with Crippen LogP contribution in [0, 0.1) is 22.7 Å². The summed E-state index contributed by atoms with van der Waals surface area (Å²) in [6, 6.07) is 2.23. The molecule has 0 radical (unpaired) electrons. The lowest BCUT2D eigenvalue weighted by atomic mass is 9.80. The highest BCUT2D eigenvalue weighted by Crippen LogP contribution is 2.29. The number of nitrogens with one attached hydrogen (secondary N) is 1. The first-order chi connectivity index (χ1) is 9.52. The van der Waals surface area contributed by atoms with Gasteiger partial charge in [0, 0.05) is 13.2 Å². The van der Waals surface area contributed by atoms with Gasteiger partial charge in [-0.05, 0) is 25.2 Å². The van der Waals surface area contributed by atoms with Gasteiger partial charge in [-0.15, -0.1) is 0 Å². The van der Waals surface area contributed by atoms with E-state index in [1.165, 1.54) is 0 Å². The summed E-state index contributed by atoms with van der Waals surface area (Å²) in [5.74, 6) is 0.487. The van der Waals surface area contributed by atoms with E-state index >= 15 is 0 Å². The maximum absolute atomic E-state index is 12.2. The first kappa shape index (κ1) is 18.9. The van der Waals surface area contributed by atoms with Gasteiger partial charge in [-0.1, -0.05) is 40.5 Å². The van der Waals surface area contributed by atoms with Gasteiger partial charge < -0.3 is 10.1 Å². The first-order valence-electron chi connectivity index (χ1n) is 7.79. The van der Waals surface area contributed by atoms with E-state index in [0.29, 0.717) is 31.9 Å². The summed E-state index contributed by atoms with van der Waals surface area (Å²) in [6.45, 7) is 10.0. The number of carbonyl (C=O) groups is 1. The van der Waals surface area contributed by atoms with Gasteiger partial charge in [0.25, 0.3) is 0 Å². The highest BCUT2D eigenvalue weighted by atomic mass is 16.5. The van der Waals surface area contributed by atoms with Crippen molar-refractivity contribution in [3.63, 3.8) is 0 Å². The Hall–Kier alpha value is -1.08. The van der Waals surface area contributed by atoms with Crippen molar-refractivity contribution in [2.75, 3.05) is 19.8 Å². The number of carbonyl (C=O) groups excluding carboxylic acids is 1. The fourth-order valence-electron chi connectivity index (χ4n) is 2.20. The van der Waals surface area contributed by atoms with Crippen LogP contribution >= 0.6 is 0 Å². The van der Waals surface area contributed by atoms with E-state index in [1.54, 1.807) is 0 Å². The van der Waals surface area contributed by atoms with E-state index in [0.717, 1.165) is 25.9 Å². The Morgan fingerprint density at radius 1 is 1.25 bits per heavy atom. The average molecular weight is 282 g/mol. The van der Waals surface area contributed by atoms with Crippen LogP contribution in [0.4, 0.5) is 0 Å². The number of amides is 1. The zero-order valence-corrected chi connectivity index (χ0v) is 13.5. The molecule has 0 aliphatic carbocycles. The molecule has 1 N–H and O–H groups in total. The lowest BCUT2D eigenvalue weighted by Gasteiger charge is -2.24. The maximum Gasteiger partial charge on any atom is 0.240 e. The predicted molar refractivity (Wildman–Crippen MR) is 81.1 cm³/mol. The lowest BCUT2D eigenvalue weighted by Crippen LogP contribution is -2.41. The highest BCUT2D eigenvalue weighted by Gasteiger charge is 2.36. The molecular formula is C16H30N2O2. The monoisotopic (exact) mass is 282 g/mol. The van der Waals surface area contributed by atoms with Crippen molar-refractivity contribution in [3.8, 4) is 6.07 Å². The second-order valence-electron chi connectivity index (χ2n) is 5.74. The van der Waals surface area contributed by atoms with Crippen LogP contribution in [0.3, 0.4) is 0 Å². The Morgan fingerprint density at radius 2 is 1.85 bits per heavy atom. The average Bonchev–Trinajstić information content (AvgIpc) is 2.41. The van der Waals surface area contributed by atoms with Crippen LogP contribution in [0.15, 0.2) is 0 Å². The Labute approximate surface area is 123 Å². The van der Waals surface area contributed by atoms with Gasteiger partial charge in [-0.2, -0.15) is 5.26 Å². The van der Waals surface area contributed by atoms with Gasteiger partial charge in [0.2, 0.25) is 5.91 Å². The van der Waals surface area contributed by atoms with Crippen LogP contribution in [0.2, 0.25) is 0 Å². The zero-order valence-electron chi connectivity index (χ0n) is 13.5. The molecule has 0 saturated heterocycles. The molecule has 0 aromatic rings. The van der Waals surface area contributed by atoms with E-state index in [-0.39, 0.29) is 5.91 Å². The molecule has 116 valence electrons. The summed E-state index contributed by atoms with van der Waals surface area (Å²) in [6.07, 6.45) is 3.95. The molecule has 20 heavy (non-hydrogen) atoms. The number of hydrogen-bond donors (Lipinski definition) is 1. The zero-order chi connectivity index (χ0) is 15.4. The molecule has 0 bridgehead atoms. The molecule has 0 saturated carbocycles. The van der Waals surface area contributed by atoms with Gasteiger partial charge in [-0.3, -0.25) is 4.79 Å². The summed E-state index contributed by atoms with van der Waals surface area (Å²) < 4.78 is 5.46. The molecule has 0 atom stereocenters. The number of rotatable bonds is 11. The van der Waals surface area contributed by atoms with Crippen molar-refractivity contribution < 1.29 is 9.53 Å². The van der Waals surface area contributed by atoms with Crippen LogP contribution in [-0.2, 0) is 9.53 Å². The molecule has 1 amide bonds. The Kier molecular flexibility index (Phi) is 10.1. The fraction of sp³-hybridized carbons (Fsp3) is 0.875. The normalized spacial score (nSPS) is 11.4. The highest BCUT2D eigenvalue weighted by molar-refractivity contribution is 5.85. The van der Waals surface area contributed by atoms with E-state index in [2.05, 4.69) is 25.2 Å². The molecule has 0 aliphatic rings. The van der Waals surface area contributed by atoms with E-state index in [4.69, 9.17) is 4.74 Å². The summed E-state index contributed by atoms with van der Waals surface area (Å²) >= 11 is 0.